The molecule has 1 aliphatic carbocycles. The number of imide groups is 1. The van der Waals surface area contributed by atoms with Gasteiger partial charge in [-0.25, -0.2) is 0 Å². The molecule has 1 aliphatic heterocycles. The molecule has 0 aromatic heterocycles. The lowest BCUT2D eigenvalue weighted by Gasteiger charge is -2.19. The highest BCUT2D eigenvalue weighted by molar-refractivity contribution is 6.30. The normalized spacial score (nSPS) is 21.1. The third kappa shape index (κ3) is 5.56. The Bertz CT molecular complexity index is 756. The Morgan fingerprint density at radius 2 is 1.69 bits per heavy atom. The van der Waals surface area contributed by atoms with Gasteiger partial charge in [-0.2, -0.15) is 0 Å². The second kappa shape index (κ2) is 9.87. The molecule has 8 heteroatoms. The van der Waals surface area contributed by atoms with Gasteiger partial charge in [-0.1, -0.05) is 36.6 Å². The van der Waals surface area contributed by atoms with E-state index in [0.29, 0.717) is 18.0 Å². The molecule has 2 atom stereocenters. The van der Waals surface area contributed by atoms with Crippen LogP contribution in [0.4, 0.5) is 0 Å². The third-order valence-electron chi connectivity index (χ3n) is 5.49. The lowest BCUT2D eigenvalue weighted by Crippen LogP contribution is -2.34. The van der Waals surface area contributed by atoms with E-state index >= 15 is 0 Å². The largest absolute Gasteiger partial charge is 0.456 e. The maximum absolute atomic E-state index is 12.4. The van der Waals surface area contributed by atoms with Crippen molar-refractivity contribution in [2.45, 2.75) is 38.5 Å². The number of carbonyl (C=O) groups excluding carboxylic acids is 4. The van der Waals surface area contributed by atoms with E-state index in [1.54, 1.807) is 12.1 Å². The van der Waals surface area contributed by atoms with Gasteiger partial charge in [0.1, 0.15) is 0 Å². The smallest absolute Gasteiger partial charge is 0.308 e. The molecule has 3 amide bonds. The van der Waals surface area contributed by atoms with Crippen LogP contribution in [0.5, 0.6) is 0 Å². The molecular formula is C21H25ClN2O5. The van der Waals surface area contributed by atoms with Crippen molar-refractivity contribution in [3.63, 3.8) is 0 Å². The van der Waals surface area contributed by atoms with E-state index in [4.69, 9.17) is 16.3 Å². The molecule has 1 heterocycles. The van der Waals surface area contributed by atoms with Crippen LogP contribution in [-0.4, -0.2) is 48.3 Å². The van der Waals surface area contributed by atoms with E-state index < -0.39 is 11.9 Å². The summed E-state index contributed by atoms with van der Waals surface area (Å²) >= 11 is 5.82. The molecule has 0 radical (unpaired) electrons. The standard InChI is InChI=1S/C21H25ClN2O5/c22-15-7-5-14(6-8-15)9-11-23-18(25)13-29-19(26)10-12-24-20(27)16-3-1-2-4-17(16)21(24)28/h5-8,16-17H,1-4,9-13H2,(H,23,25)/t16-,17-/m0/s1. The zero-order valence-electron chi connectivity index (χ0n) is 16.2. The minimum atomic E-state index is -0.603. The van der Waals surface area contributed by atoms with E-state index in [0.717, 1.165) is 31.2 Å². The molecule has 2 aliphatic rings. The van der Waals surface area contributed by atoms with Gasteiger partial charge in [-0.15, -0.1) is 0 Å². The summed E-state index contributed by atoms with van der Waals surface area (Å²) in [6.07, 6.45) is 3.94. The fourth-order valence-corrected chi connectivity index (χ4v) is 4.05. The van der Waals surface area contributed by atoms with Crippen LogP contribution in [0.3, 0.4) is 0 Å². The van der Waals surface area contributed by atoms with Crippen LogP contribution in [0.25, 0.3) is 0 Å². The number of hydrogen-bond acceptors (Lipinski definition) is 5. The zero-order valence-corrected chi connectivity index (χ0v) is 17.0. The highest BCUT2D eigenvalue weighted by Gasteiger charge is 2.47. The Balaban J connectivity index is 1.33. The molecule has 7 nitrogen and oxygen atoms in total. The summed E-state index contributed by atoms with van der Waals surface area (Å²) in [5, 5.41) is 3.33. The van der Waals surface area contributed by atoms with E-state index in [9.17, 15) is 19.2 Å². The molecule has 1 aromatic carbocycles. The highest BCUT2D eigenvalue weighted by atomic mass is 35.5. The topological polar surface area (TPSA) is 92.8 Å². The second-order valence-electron chi connectivity index (χ2n) is 7.46. The Kier molecular flexibility index (Phi) is 7.25. The lowest BCUT2D eigenvalue weighted by molar-refractivity contribution is -0.149. The molecule has 0 bridgehead atoms. The van der Waals surface area contributed by atoms with Gasteiger partial charge in [-0.05, 0) is 37.0 Å². The summed E-state index contributed by atoms with van der Waals surface area (Å²) in [6.45, 7) is 0.0475. The van der Waals surface area contributed by atoms with Gasteiger partial charge in [0, 0.05) is 18.1 Å². The number of hydrogen-bond donors (Lipinski definition) is 1. The van der Waals surface area contributed by atoms with Gasteiger partial charge in [-0.3, -0.25) is 24.1 Å². The maximum Gasteiger partial charge on any atom is 0.308 e. The van der Waals surface area contributed by atoms with Crippen molar-refractivity contribution < 1.29 is 23.9 Å². The van der Waals surface area contributed by atoms with Crippen LogP contribution in [-0.2, 0) is 30.3 Å². The number of carbonyl (C=O) groups is 4. The predicted octanol–water partition coefficient (Wildman–Crippen LogP) is 2.11. The van der Waals surface area contributed by atoms with Gasteiger partial charge in [0.15, 0.2) is 6.61 Å². The van der Waals surface area contributed by atoms with E-state index in [1.165, 1.54) is 4.90 Å². The van der Waals surface area contributed by atoms with Crippen LogP contribution in [0.15, 0.2) is 24.3 Å². The molecule has 156 valence electrons. The number of fused-ring (bicyclic) bond motifs is 1. The van der Waals surface area contributed by atoms with Gasteiger partial charge in [0.05, 0.1) is 18.3 Å². The molecule has 0 unspecified atom stereocenters. The van der Waals surface area contributed by atoms with Crippen molar-refractivity contribution in [2.75, 3.05) is 19.7 Å². The SMILES string of the molecule is O=C(COC(=O)CCN1C(=O)[C@H]2CCCC[C@@H]2C1=O)NCCc1ccc(Cl)cc1. The zero-order chi connectivity index (χ0) is 20.8. The first-order valence-electron chi connectivity index (χ1n) is 9.97. The number of ether oxygens (including phenoxy) is 1. The van der Waals surface area contributed by atoms with E-state index in [2.05, 4.69) is 5.32 Å². The first kappa shape index (κ1) is 21.3. The van der Waals surface area contributed by atoms with E-state index in [1.807, 2.05) is 12.1 Å². The molecule has 1 saturated heterocycles. The summed E-state index contributed by atoms with van der Waals surface area (Å²) in [7, 11) is 0. The molecular weight excluding hydrogens is 396 g/mol. The van der Waals surface area contributed by atoms with Crippen LogP contribution in [0.2, 0.25) is 5.02 Å². The minimum Gasteiger partial charge on any atom is -0.456 e. The summed E-state index contributed by atoms with van der Waals surface area (Å²) < 4.78 is 4.95. The minimum absolute atomic E-state index is 0.0156. The molecule has 2 fully saturated rings. The third-order valence-corrected chi connectivity index (χ3v) is 5.74. The quantitative estimate of drug-likeness (QED) is 0.513. The second-order valence-corrected chi connectivity index (χ2v) is 7.90. The van der Waals surface area contributed by atoms with Gasteiger partial charge < -0.3 is 10.1 Å². The fraction of sp³-hybridized carbons (Fsp3) is 0.524. The molecule has 3 rings (SSSR count). The Hall–Kier alpha value is -2.41. The number of rotatable bonds is 8. The van der Waals surface area contributed by atoms with Crippen LogP contribution in [0, 0.1) is 11.8 Å². The monoisotopic (exact) mass is 420 g/mol. The Morgan fingerprint density at radius 3 is 2.31 bits per heavy atom. The first-order valence-corrected chi connectivity index (χ1v) is 10.4. The summed E-state index contributed by atoms with van der Waals surface area (Å²) in [4.78, 5) is 49.6. The fourth-order valence-electron chi connectivity index (χ4n) is 3.92. The Labute approximate surface area is 174 Å². The maximum atomic E-state index is 12.4. The average Bonchev–Trinajstić information content (AvgIpc) is 2.97. The summed E-state index contributed by atoms with van der Waals surface area (Å²) in [5.74, 6) is -1.79. The predicted molar refractivity (Wildman–Crippen MR) is 106 cm³/mol. The molecule has 29 heavy (non-hydrogen) atoms. The molecule has 0 spiro atoms. The van der Waals surface area contributed by atoms with Crippen molar-refractivity contribution in [3.8, 4) is 0 Å². The van der Waals surface area contributed by atoms with Crippen molar-refractivity contribution >= 4 is 35.3 Å². The average molecular weight is 421 g/mol. The number of benzene rings is 1. The number of amides is 3. The van der Waals surface area contributed by atoms with Crippen LogP contribution < -0.4 is 5.32 Å². The number of esters is 1. The molecule has 1 aromatic rings. The van der Waals surface area contributed by atoms with Crippen molar-refractivity contribution in [2.24, 2.45) is 11.8 Å². The number of nitrogens with zero attached hydrogens (tertiary/aromatic N) is 1. The number of likely N-dealkylation sites (tertiary alicyclic amines) is 1. The molecule has 1 saturated carbocycles. The summed E-state index contributed by atoms with van der Waals surface area (Å²) in [5.41, 5.74) is 1.03. The van der Waals surface area contributed by atoms with Gasteiger partial charge in [0.25, 0.3) is 5.91 Å². The first-order chi connectivity index (χ1) is 14.0. The van der Waals surface area contributed by atoms with Crippen molar-refractivity contribution in [1.82, 2.24) is 10.2 Å². The van der Waals surface area contributed by atoms with Crippen molar-refractivity contribution in [3.05, 3.63) is 34.9 Å². The van der Waals surface area contributed by atoms with Crippen molar-refractivity contribution in [1.29, 1.82) is 0 Å². The number of halogens is 1. The van der Waals surface area contributed by atoms with Crippen LogP contribution >= 0.6 is 11.6 Å². The van der Waals surface area contributed by atoms with Crippen LogP contribution in [0.1, 0.15) is 37.7 Å². The lowest BCUT2D eigenvalue weighted by atomic mass is 9.81. The summed E-state index contributed by atoms with van der Waals surface area (Å²) in [6, 6.07) is 7.33. The number of nitrogens with one attached hydrogen (secondary N) is 1. The Morgan fingerprint density at radius 1 is 1.07 bits per heavy atom. The van der Waals surface area contributed by atoms with E-state index in [-0.39, 0.29) is 43.2 Å². The van der Waals surface area contributed by atoms with Gasteiger partial charge >= 0.3 is 5.97 Å². The highest BCUT2D eigenvalue weighted by Crippen LogP contribution is 2.37. The van der Waals surface area contributed by atoms with Gasteiger partial charge in [0.2, 0.25) is 11.8 Å². The molecule has 1 N–H and O–H groups in total.